The van der Waals surface area contributed by atoms with Crippen LogP contribution < -0.4 is 27.8 Å². The summed E-state index contributed by atoms with van der Waals surface area (Å²) in [5.41, 5.74) is 19.9. The van der Waals surface area contributed by atoms with Gasteiger partial charge in [0.25, 0.3) is 0 Å². The van der Waals surface area contributed by atoms with Crippen LogP contribution in [0.1, 0.15) is 18.4 Å². The third-order valence-electron chi connectivity index (χ3n) is 5.96. The first-order chi connectivity index (χ1) is 18.0. The second-order valence-electron chi connectivity index (χ2n) is 8.83. The highest BCUT2D eigenvalue weighted by Gasteiger charge is 2.23. The van der Waals surface area contributed by atoms with E-state index in [1.807, 2.05) is 72.8 Å². The Morgan fingerprint density at radius 3 is 2.38 bits per heavy atom. The number of para-hydroxylation sites is 1. The Kier molecular flexibility index (Phi) is 11.2. The van der Waals surface area contributed by atoms with E-state index in [9.17, 15) is 9.59 Å². The first-order valence-corrected chi connectivity index (χ1v) is 12.6. The second kappa shape index (κ2) is 14.8. The van der Waals surface area contributed by atoms with Crippen molar-refractivity contribution in [2.24, 2.45) is 17.2 Å². The molecule has 8 N–H and O–H groups in total. The summed E-state index contributed by atoms with van der Waals surface area (Å²) in [4.78, 5) is 32.6. The summed E-state index contributed by atoms with van der Waals surface area (Å²) in [6, 6.07) is 17.7. The van der Waals surface area contributed by atoms with Crippen LogP contribution in [-0.4, -0.2) is 66.5 Å². The van der Waals surface area contributed by atoms with Gasteiger partial charge in [-0.2, -0.15) is 0 Å². The minimum Gasteiger partial charge on any atom is -0.343 e. The lowest BCUT2D eigenvalue weighted by atomic mass is 10.1. The molecular weight excluding hydrogens is 466 g/mol. The summed E-state index contributed by atoms with van der Waals surface area (Å²) in [5.74, 6) is -0.728. The minimum atomic E-state index is -0.811. The van der Waals surface area contributed by atoms with Crippen molar-refractivity contribution in [3.05, 3.63) is 78.5 Å². The summed E-state index contributed by atoms with van der Waals surface area (Å²) in [7, 11) is 0. The molecule has 0 bridgehead atoms. The summed E-state index contributed by atoms with van der Waals surface area (Å²) in [5, 5.41) is 6.63. The number of carbonyl (C=O) groups is 2. The van der Waals surface area contributed by atoms with Crippen molar-refractivity contribution in [3.8, 4) is 0 Å². The maximum absolute atomic E-state index is 13.2. The molecule has 0 aliphatic carbocycles. The molecule has 1 aromatic heterocycles. The van der Waals surface area contributed by atoms with Gasteiger partial charge < -0.3 is 32.7 Å². The van der Waals surface area contributed by atoms with Crippen molar-refractivity contribution >= 4 is 34.5 Å². The molecule has 2 amide bonds. The van der Waals surface area contributed by atoms with E-state index in [1.165, 1.54) is 0 Å². The van der Waals surface area contributed by atoms with Crippen molar-refractivity contribution in [2.75, 3.05) is 38.0 Å². The first kappa shape index (κ1) is 27.9. The number of aromatic nitrogens is 1. The third-order valence-corrected chi connectivity index (χ3v) is 5.96. The van der Waals surface area contributed by atoms with Crippen molar-refractivity contribution < 1.29 is 9.59 Å². The number of anilines is 1. The van der Waals surface area contributed by atoms with Gasteiger partial charge in [-0.05, 0) is 30.5 Å². The monoisotopic (exact) mass is 503 g/mol. The molecule has 0 fully saturated rings. The van der Waals surface area contributed by atoms with Gasteiger partial charge in [-0.3, -0.25) is 14.6 Å². The molecule has 37 heavy (non-hydrogen) atoms. The summed E-state index contributed by atoms with van der Waals surface area (Å²) < 4.78 is 0. The van der Waals surface area contributed by atoms with Crippen molar-refractivity contribution in [2.45, 2.75) is 24.9 Å². The van der Waals surface area contributed by atoms with Gasteiger partial charge in [-0.25, -0.2) is 0 Å². The van der Waals surface area contributed by atoms with E-state index >= 15 is 0 Å². The number of benzene rings is 2. The van der Waals surface area contributed by atoms with Crippen LogP contribution in [0.2, 0.25) is 0 Å². The number of nitrogens with zero attached hydrogens (tertiary/aromatic N) is 2. The number of nitrogens with two attached hydrogens (primary N) is 3. The van der Waals surface area contributed by atoms with Gasteiger partial charge in [0, 0.05) is 38.1 Å². The van der Waals surface area contributed by atoms with Gasteiger partial charge in [0.2, 0.25) is 11.8 Å². The van der Waals surface area contributed by atoms with Crippen LogP contribution in [0.15, 0.2) is 72.9 Å². The molecule has 1 heterocycles. The average molecular weight is 504 g/mol. The number of amides is 2. The SMILES string of the molecule is NCCN(CCN)CCC(N)C(=O)NC(CC=Cc1ccccc1)C(=O)Nc1cnc2ccccc2c1. The highest BCUT2D eigenvalue weighted by Crippen LogP contribution is 2.16. The van der Waals surface area contributed by atoms with Crippen molar-refractivity contribution in [3.63, 3.8) is 0 Å². The molecule has 3 aromatic rings. The maximum Gasteiger partial charge on any atom is 0.247 e. The van der Waals surface area contributed by atoms with Crippen LogP contribution in [0.5, 0.6) is 0 Å². The molecule has 2 atom stereocenters. The predicted molar refractivity (Wildman–Crippen MR) is 150 cm³/mol. The van der Waals surface area contributed by atoms with E-state index in [0.29, 0.717) is 51.3 Å². The van der Waals surface area contributed by atoms with Crippen LogP contribution in [-0.2, 0) is 9.59 Å². The van der Waals surface area contributed by atoms with Gasteiger partial charge in [0.15, 0.2) is 0 Å². The largest absolute Gasteiger partial charge is 0.343 e. The van der Waals surface area contributed by atoms with Crippen LogP contribution in [0.25, 0.3) is 17.0 Å². The zero-order valence-electron chi connectivity index (χ0n) is 21.1. The van der Waals surface area contributed by atoms with E-state index in [4.69, 9.17) is 17.2 Å². The summed E-state index contributed by atoms with van der Waals surface area (Å²) in [6.07, 6.45) is 6.12. The fourth-order valence-corrected chi connectivity index (χ4v) is 3.94. The maximum atomic E-state index is 13.2. The predicted octanol–water partition coefficient (Wildman–Crippen LogP) is 1.70. The number of hydrogen-bond acceptors (Lipinski definition) is 7. The van der Waals surface area contributed by atoms with Gasteiger partial charge in [0.1, 0.15) is 6.04 Å². The Labute approximate surface area is 218 Å². The van der Waals surface area contributed by atoms with Crippen LogP contribution >= 0.6 is 0 Å². The van der Waals surface area contributed by atoms with E-state index < -0.39 is 12.1 Å². The van der Waals surface area contributed by atoms with Crippen LogP contribution in [0.4, 0.5) is 5.69 Å². The molecule has 0 radical (unpaired) electrons. The Morgan fingerprint density at radius 2 is 1.65 bits per heavy atom. The fraction of sp³-hybridized carbons (Fsp3) is 0.321. The molecule has 0 aliphatic heterocycles. The lowest BCUT2D eigenvalue weighted by Crippen LogP contribution is -2.50. The minimum absolute atomic E-state index is 0.298. The molecule has 2 aromatic carbocycles. The second-order valence-corrected chi connectivity index (χ2v) is 8.83. The van der Waals surface area contributed by atoms with E-state index in [2.05, 4.69) is 20.5 Å². The Hall–Kier alpha value is -3.63. The molecular formula is C28H37N7O2. The quantitative estimate of drug-likeness (QED) is 0.224. The average Bonchev–Trinajstić information content (AvgIpc) is 2.91. The molecule has 9 heteroatoms. The molecule has 2 unspecified atom stereocenters. The van der Waals surface area contributed by atoms with Gasteiger partial charge in [-0.1, -0.05) is 60.7 Å². The molecule has 3 rings (SSSR count). The summed E-state index contributed by atoms with van der Waals surface area (Å²) >= 11 is 0. The normalized spacial score (nSPS) is 13.1. The number of fused-ring (bicyclic) bond motifs is 1. The van der Waals surface area contributed by atoms with Crippen LogP contribution in [0.3, 0.4) is 0 Å². The smallest absolute Gasteiger partial charge is 0.247 e. The molecule has 0 spiro atoms. The lowest BCUT2D eigenvalue weighted by molar-refractivity contribution is -0.127. The highest BCUT2D eigenvalue weighted by molar-refractivity contribution is 5.99. The number of rotatable bonds is 14. The molecule has 0 aliphatic rings. The Bertz CT molecular complexity index is 1160. The van der Waals surface area contributed by atoms with Crippen molar-refractivity contribution in [1.82, 2.24) is 15.2 Å². The van der Waals surface area contributed by atoms with Crippen LogP contribution in [0, 0.1) is 0 Å². The number of hydrogen-bond donors (Lipinski definition) is 5. The zero-order valence-corrected chi connectivity index (χ0v) is 21.1. The van der Waals surface area contributed by atoms with Gasteiger partial charge in [0.05, 0.1) is 23.4 Å². The fourth-order valence-electron chi connectivity index (χ4n) is 3.94. The van der Waals surface area contributed by atoms with E-state index in [1.54, 1.807) is 6.20 Å². The third kappa shape index (κ3) is 9.07. The van der Waals surface area contributed by atoms with E-state index in [0.717, 1.165) is 16.5 Å². The number of pyridine rings is 1. The number of carbonyl (C=O) groups excluding carboxylic acids is 2. The Morgan fingerprint density at radius 1 is 0.946 bits per heavy atom. The first-order valence-electron chi connectivity index (χ1n) is 12.6. The van der Waals surface area contributed by atoms with Crippen molar-refractivity contribution in [1.29, 1.82) is 0 Å². The molecule has 9 nitrogen and oxygen atoms in total. The van der Waals surface area contributed by atoms with Gasteiger partial charge in [-0.15, -0.1) is 0 Å². The van der Waals surface area contributed by atoms with E-state index in [-0.39, 0.29) is 11.8 Å². The molecule has 0 saturated heterocycles. The molecule has 196 valence electrons. The lowest BCUT2D eigenvalue weighted by Gasteiger charge is -2.23. The topological polar surface area (TPSA) is 152 Å². The zero-order chi connectivity index (χ0) is 26.5. The highest BCUT2D eigenvalue weighted by atomic mass is 16.2. The standard InChI is InChI=1S/C28H37N7O2/c29-14-17-35(18-15-30)16-13-24(31)27(36)34-26(12-6-9-21-7-2-1-3-8-21)28(37)33-23-19-22-10-4-5-11-25(22)32-20-23/h1-11,19-20,24,26H,12-18,29-31H2,(H,33,37)(H,34,36). The summed E-state index contributed by atoms with van der Waals surface area (Å²) in [6.45, 7) is 2.96. The van der Waals surface area contributed by atoms with Gasteiger partial charge >= 0.3 is 0 Å². The number of nitrogens with one attached hydrogen (secondary N) is 2. The Balaban J connectivity index is 1.67. The molecule has 0 saturated carbocycles.